The number of carbonyl (C=O) groups is 1. The fraction of sp³-hybridized carbons (Fsp3) is 0.632. The number of rotatable bonds is 4. The lowest BCUT2D eigenvalue weighted by molar-refractivity contribution is -0.218. The van der Waals surface area contributed by atoms with E-state index in [0.29, 0.717) is 13.1 Å². The number of nitrogens with zero attached hydrogens (tertiary/aromatic N) is 1. The van der Waals surface area contributed by atoms with Gasteiger partial charge >= 0.3 is 6.18 Å². The van der Waals surface area contributed by atoms with Crippen molar-refractivity contribution in [2.24, 2.45) is 11.3 Å². The third-order valence-corrected chi connectivity index (χ3v) is 5.72. The first kappa shape index (κ1) is 22.0. The summed E-state index contributed by atoms with van der Waals surface area (Å²) < 4.78 is 41.8. The maximum atomic E-state index is 13.9. The maximum Gasteiger partial charge on any atom is 0.404 e. The van der Waals surface area contributed by atoms with Gasteiger partial charge in [-0.2, -0.15) is 13.2 Å². The number of piperidine rings is 1. The van der Waals surface area contributed by atoms with Gasteiger partial charge in [-0.15, -0.1) is 12.4 Å². The number of amides is 1. The van der Waals surface area contributed by atoms with Gasteiger partial charge in [0.25, 0.3) is 0 Å². The van der Waals surface area contributed by atoms with Crippen molar-refractivity contribution in [1.29, 1.82) is 0 Å². The number of alkyl halides is 3. The van der Waals surface area contributed by atoms with Crippen molar-refractivity contribution in [2.75, 3.05) is 26.2 Å². The molecule has 8 heteroatoms. The van der Waals surface area contributed by atoms with Crippen LogP contribution in [0.5, 0.6) is 0 Å². The Hall–Kier alpha value is -1.31. The zero-order valence-electron chi connectivity index (χ0n) is 15.4. The van der Waals surface area contributed by atoms with Crippen LogP contribution in [0.15, 0.2) is 30.3 Å². The molecule has 1 aromatic rings. The molecule has 2 fully saturated rings. The highest BCUT2D eigenvalue weighted by Gasteiger charge is 2.63. The molecule has 3 unspecified atom stereocenters. The topological polar surface area (TPSA) is 44.4 Å². The van der Waals surface area contributed by atoms with Gasteiger partial charge in [-0.05, 0) is 37.4 Å². The average Bonchev–Trinajstić information content (AvgIpc) is 3.03. The molecule has 2 N–H and O–H groups in total. The van der Waals surface area contributed by atoms with Crippen LogP contribution in [0.1, 0.15) is 25.3 Å². The van der Waals surface area contributed by atoms with Crippen LogP contribution in [0.25, 0.3) is 0 Å². The summed E-state index contributed by atoms with van der Waals surface area (Å²) in [4.78, 5) is 14.5. The average molecular weight is 406 g/mol. The van der Waals surface area contributed by atoms with Crippen molar-refractivity contribution in [3.63, 3.8) is 0 Å². The largest absolute Gasteiger partial charge is 0.404 e. The molecule has 2 saturated heterocycles. The highest BCUT2D eigenvalue weighted by molar-refractivity contribution is 5.85. The molecule has 2 heterocycles. The predicted molar refractivity (Wildman–Crippen MR) is 101 cm³/mol. The zero-order valence-corrected chi connectivity index (χ0v) is 16.2. The quantitative estimate of drug-likeness (QED) is 0.809. The summed E-state index contributed by atoms with van der Waals surface area (Å²) in [6.07, 6.45) is -3.90. The van der Waals surface area contributed by atoms with Gasteiger partial charge in [0.1, 0.15) is 0 Å². The number of halogens is 4. The fourth-order valence-corrected chi connectivity index (χ4v) is 3.90. The summed E-state index contributed by atoms with van der Waals surface area (Å²) in [6, 6.07) is 9.14. The van der Waals surface area contributed by atoms with Gasteiger partial charge in [-0.1, -0.05) is 37.3 Å². The summed E-state index contributed by atoms with van der Waals surface area (Å²) in [5.41, 5.74) is -1.37. The van der Waals surface area contributed by atoms with Crippen LogP contribution < -0.4 is 10.6 Å². The van der Waals surface area contributed by atoms with Gasteiger partial charge in [-0.3, -0.25) is 9.69 Å². The van der Waals surface area contributed by atoms with Crippen LogP contribution in [0.2, 0.25) is 0 Å². The van der Waals surface area contributed by atoms with Crippen LogP contribution in [-0.4, -0.2) is 49.2 Å². The molecule has 2 aliphatic heterocycles. The van der Waals surface area contributed by atoms with Crippen molar-refractivity contribution in [2.45, 2.75) is 38.5 Å². The number of hydrogen-bond acceptors (Lipinski definition) is 3. The molecule has 3 atom stereocenters. The van der Waals surface area contributed by atoms with E-state index in [-0.39, 0.29) is 43.9 Å². The Bertz CT molecular complexity index is 628. The molecule has 0 aliphatic carbocycles. The van der Waals surface area contributed by atoms with Crippen molar-refractivity contribution in [3.8, 4) is 0 Å². The Kier molecular flexibility index (Phi) is 7.16. The molecule has 4 nitrogen and oxygen atoms in total. The number of hydrogen-bond donors (Lipinski definition) is 2. The predicted octanol–water partition coefficient (Wildman–Crippen LogP) is 2.98. The molecule has 152 valence electrons. The number of nitrogens with one attached hydrogen (secondary N) is 2. The Morgan fingerprint density at radius 2 is 2.04 bits per heavy atom. The van der Waals surface area contributed by atoms with E-state index in [1.807, 2.05) is 37.3 Å². The van der Waals surface area contributed by atoms with Crippen molar-refractivity contribution < 1.29 is 18.0 Å². The molecular weight excluding hydrogens is 379 g/mol. The second-order valence-electron chi connectivity index (χ2n) is 7.58. The normalized spacial score (nSPS) is 29.2. The maximum absolute atomic E-state index is 13.9. The van der Waals surface area contributed by atoms with Gasteiger partial charge in [0, 0.05) is 25.7 Å². The Labute approximate surface area is 164 Å². The van der Waals surface area contributed by atoms with Crippen LogP contribution in [0.3, 0.4) is 0 Å². The van der Waals surface area contributed by atoms with Crippen LogP contribution in [0, 0.1) is 11.3 Å². The van der Waals surface area contributed by atoms with Crippen molar-refractivity contribution in [3.05, 3.63) is 35.9 Å². The summed E-state index contributed by atoms with van der Waals surface area (Å²) in [5.74, 6) is -0.701. The van der Waals surface area contributed by atoms with Crippen LogP contribution in [0.4, 0.5) is 13.2 Å². The Morgan fingerprint density at radius 3 is 2.67 bits per heavy atom. The molecule has 1 amide bonds. The molecule has 0 saturated carbocycles. The van der Waals surface area contributed by atoms with E-state index in [2.05, 4.69) is 10.6 Å². The molecule has 0 radical (unpaired) electrons. The minimum absolute atomic E-state index is 0. The summed E-state index contributed by atoms with van der Waals surface area (Å²) in [5, 5.41) is 5.84. The standard InChI is InChI=1S/C19H26F3N3O.ClH/c1-14-7-9-23-11-16(14)24-17(26)18(19(20,21)22)8-10-25(13-18)12-15-5-3-2-4-6-15;/h2-6,14,16,23H,7-13H2,1H3,(H,24,26);1H. The lowest BCUT2D eigenvalue weighted by Gasteiger charge is -2.36. The van der Waals surface area contributed by atoms with Gasteiger partial charge in [0.05, 0.1) is 0 Å². The zero-order chi connectivity index (χ0) is 18.8. The molecular formula is C19H27ClF3N3O. The molecule has 1 aromatic carbocycles. The first-order valence-electron chi connectivity index (χ1n) is 9.16. The van der Waals surface area contributed by atoms with E-state index in [9.17, 15) is 18.0 Å². The minimum atomic E-state index is -4.56. The molecule has 3 rings (SSSR count). The number of likely N-dealkylation sites (tertiary alicyclic amines) is 1. The monoisotopic (exact) mass is 405 g/mol. The van der Waals surface area contributed by atoms with Gasteiger partial charge < -0.3 is 10.6 Å². The second kappa shape index (κ2) is 8.80. The number of benzene rings is 1. The van der Waals surface area contributed by atoms with Crippen molar-refractivity contribution in [1.82, 2.24) is 15.5 Å². The molecule has 0 bridgehead atoms. The first-order valence-corrected chi connectivity index (χ1v) is 9.16. The number of carbonyl (C=O) groups excluding carboxylic acids is 1. The third-order valence-electron chi connectivity index (χ3n) is 5.72. The van der Waals surface area contributed by atoms with E-state index in [4.69, 9.17) is 0 Å². The summed E-state index contributed by atoms with van der Waals surface area (Å²) in [7, 11) is 0. The summed E-state index contributed by atoms with van der Waals surface area (Å²) >= 11 is 0. The van der Waals surface area contributed by atoms with E-state index in [0.717, 1.165) is 18.5 Å². The minimum Gasteiger partial charge on any atom is -0.351 e. The summed E-state index contributed by atoms with van der Waals surface area (Å²) in [6.45, 7) is 3.74. The van der Waals surface area contributed by atoms with Gasteiger partial charge in [-0.25, -0.2) is 0 Å². The molecule has 0 spiro atoms. The Balaban J connectivity index is 0.00000261. The lowest BCUT2D eigenvalue weighted by Crippen LogP contribution is -2.58. The molecule has 27 heavy (non-hydrogen) atoms. The van der Waals surface area contributed by atoms with E-state index in [1.54, 1.807) is 4.90 Å². The molecule has 0 aromatic heterocycles. The third kappa shape index (κ3) is 4.76. The molecule has 2 aliphatic rings. The highest BCUT2D eigenvalue weighted by atomic mass is 35.5. The Morgan fingerprint density at radius 1 is 1.33 bits per heavy atom. The SMILES string of the molecule is CC1CCNCC1NC(=O)C1(C(F)(F)F)CCN(Cc2ccccc2)C1.Cl. The van der Waals surface area contributed by atoms with Crippen LogP contribution >= 0.6 is 12.4 Å². The first-order chi connectivity index (χ1) is 12.3. The van der Waals surface area contributed by atoms with Gasteiger partial charge in [0.15, 0.2) is 5.41 Å². The fourth-order valence-electron chi connectivity index (χ4n) is 3.90. The van der Waals surface area contributed by atoms with E-state index >= 15 is 0 Å². The van der Waals surface area contributed by atoms with E-state index < -0.39 is 17.5 Å². The second-order valence-corrected chi connectivity index (χ2v) is 7.58. The highest BCUT2D eigenvalue weighted by Crippen LogP contribution is 2.46. The van der Waals surface area contributed by atoms with Gasteiger partial charge in [0.2, 0.25) is 5.91 Å². The van der Waals surface area contributed by atoms with Crippen molar-refractivity contribution >= 4 is 18.3 Å². The lowest BCUT2D eigenvalue weighted by atomic mass is 9.84. The smallest absolute Gasteiger partial charge is 0.351 e. The van der Waals surface area contributed by atoms with E-state index in [1.165, 1.54) is 0 Å². The van der Waals surface area contributed by atoms with Crippen LogP contribution in [-0.2, 0) is 11.3 Å².